The number of ether oxygens (including phenoxy) is 4. The fourth-order valence-electron chi connectivity index (χ4n) is 12.0. The minimum Gasteiger partial charge on any atom is -0.462 e. The molecule has 17 nitrogen and oxygen atoms in total. The van der Waals surface area contributed by atoms with E-state index in [4.69, 9.17) is 37.0 Å². The molecule has 0 aromatic carbocycles. The number of rotatable bonds is 76. The van der Waals surface area contributed by atoms with Crippen LogP contribution in [-0.2, 0) is 65.4 Å². The Morgan fingerprint density at radius 1 is 0.278 bits per heavy atom. The summed E-state index contributed by atoms with van der Waals surface area (Å²) in [6.07, 6.45) is 55.6. The lowest BCUT2D eigenvalue weighted by molar-refractivity contribution is -0.161. The predicted octanol–water partition coefficient (Wildman–Crippen LogP) is 23.0. The number of unbranched alkanes of at least 4 members (excludes halogenated alkanes) is 44. The zero-order valence-electron chi connectivity index (χ0n) is 63.5. The molecule has 3 N–H and O–H groups in total. The van der Waals surface area contributed by atoms with Crippen LogP contribution in [0.4, 0.5) is 0 Å². The number of carbonyl (C=O) groups is 4. The molecule has 0 spiro atoms. The molecule has 0 rings (SSSR count). The second-order valence-electron chi connectivity index (χ2n) is 29.5. The highest BCUT2D eigenvalue weighted by Crippen LogP contribution is 2.45. The van der Waals surface area contributed by atoms with Crippen LogP contribution in [-0.4, -0.2) is 96.7 Å². The Morgan fingerprint density at radius 2 is 0.474 bits per heavy atom. The molecule has 19 heteroatoms. The summed E-state index contributed by atoms with van der Waals surface area (Å²) in [5, 5.41) is 10.6. The van der Waals surface area contributed by atoms with E-state index in [-0.39, 0.29) is 25.7 Å². The Labute approximate surface area is 594 Å². The molecule has 0 saturated carbocycles. The van der Waals surface area contributed by atoms with Crippen molar-refractivity contribution in [2.24, 2.45) is 17.8 Å². The first-order chi connectivity index (χ1) is 46.7. The molecule has 97 heavy (non-hydrogen) atoms. The molecule has 0 aromatic rings. The summed E-state index contributed by atoms with van der Waals surface area (Å²) >= 11 is 0. The third-order valence-electron chi connectivity index (χ3n) is 18.1. The van der Waals surface area contributed by atoms with Crippen molar-refractivity contribution in [3.05, 3.63) is 0 Å². The van der Waals surface area contributed by atoms with Crippen LogP contribution < -0.4 is 0 Å². The maximum atomic E-state index is 13.1. The van der Waals surface area contributed by atoms with Crippen LogP contribution in [0.25, 0.3) is 0 Å². The maximum Gasteiger partial charge on any atom is 0.472 e. The highest BCUT2D eigenvalue weighted by atomic mass is 31.2. The van der Waals surface area contributed by atoms with Crippen LogP contribution in [0.15, 0.2) is 0 Å². The van der Waals surface area contributed by atoms with Crippen molar-refractivity contribution in [1.82, 2.24) is 0 Å². The number of hydrogen-bond donors (Lipinski definition) is 3. The van der Waals surface area contributed by atoms with Crippen LogP contribution in [0, 0.1) is 17.8 Å². The minimum absolute atomic E-state index is 0.106. The first-order valence-corrected chi connectivity index (χ1v) is 43.3. The Kier molecular flexibility index (Phi) is 67.1. The molecule has 0 aliphatic rings. The van der Waals surface area contributed by atoms with Crippen molar-refractivity contribution in [3.8, 4) is 0 Å². The smallest absolute Gasteiger partial charge is 0.462 e. The molecule has 0 amide bonds. The first-order valence-electron chi connectivity index (χ1n) is 40.3. The minimum atomic E-state index is -4.96. The lowest BCUT2D eigenvalue weighted by Crippen LogP contribution is -2.30. The molecule has 0 bridgehead atoms. The summed E-state index contributed by atoms with van der Waals surface area (Å²) in [4.78, 5) is 72.8. The van der Waals surface area contributed by atoms with Crippen molar-refractivity contribution < 1.29 is 80.2 Å². The molecule has 5 atom stereocenters. The lowest BCUT2D eigenvalue weighted by Gasteiger charge is -2.21. The summed E-state index contributed by atoms with van der Waals surface area (Å²) in [5.74, 6) is 0.172. The van der Waals surface area contributed by atoms with Crippen molar-refractivity contribution in [2.45, 2.75) is 420 Å². The molecule has 0 aliphatic carbocycles. The highest BCUT2D eigenvalue weighted by molar-refractivity contribution is 7.47. The number of aliphatic hydroxyl groups is 1. The summed E-state index contributed by atoms with van der Waals surface area (Å²) in [7, 11) is -9.91. The highest BCUT2D eigenvalue weighted by Gasteiger charge is 2.30. The summed E-state index contributed by atoms with van der Waals surface area (Å²) in [5.41, 5.74) is 0. The van der Waals surface area contributed by atoms with Gasteiger partial charge in [-0.25, -0.2) is 9.13 Å². The number of carbonyl (C=O) groups excluding carboxylic acids is 4. The van der Waals surface area contributed by atoms with Gasteiger partial charge >= 0.3 is 39.5 Å². The van der Waals surface area contributed by atoms with Gasteiger partial charge in [0.25, 0.3) is 0 Å². The van der Waals surface area contributed by atoms with Gasteiger partial charge in [0.1, 0.15) is 19.3 Å². The van der Waals surface area contributed by atoms with Crippen LogP contribution in [0.2, 0.25) is 0 Å². The molecule has 2 unspecified atom stereocenters. The second-order valence-corrected chi connectivity index (χ2v) is 32.4. The quantitative estimate of drug-likeness (QED) is 0.0222. The van der Waals surface area contributed by atoms with Gasteiger partial charge in [0, 0.05) is 25.7 Å². The topological polar surface area (TPSA) is 237 Å². The number of esters is 4. The van der Waals surface area contributed by atoms with Crippen LogP contribution >= 0.6 is 15.6 Å². The lowest BCUT2D eigenvalue weighted by atomic mass is 10.0. The van der Waals surface area contributed by atoms with E-state index >= 15 is 0 Å². The van der Waals surface area contributed by atoms with E-state index in [1.807, 2.05) is 0 Å². The first kappa shape index (κ1) is 95.1. The van der Waals surface area contributed by atoms with Gasteiger partial charge < -0.3 is 33.8 Å². The number of phosphoric ester groups is 2. The van der Waals surface area contributed by atoms with E-state index in [2.05, 4.69) is 48.5 Å². The third-order valence-corrected chi connectivity index (χ3v) is 20.0. The van der Waals surface area contributed by atoms with Crippen LogP contribution in [0.5, 0.6) is 0 Å². The molecular formula is C78H152O17P2. The molecule has 0 saturated heterocycles. The third kappa shape index (κ3) is 72.2. The summed E-state index contributed by atoms with van der Waals surface area (Å²) in [6, 6.07) is 0. The van der Waals surface area contributed by atoms with E-state index in [9.17, 15) is 43.2 Å². The largest absolute Gasteiger partial charge is 0.472 e. The van der Waals surface area contributed by atoms with Gasteiger partial charge in [-0.2, -0.15) is 0 Å². The van der Waals surface area contributed by atoms with Crippen LogP contribution in [0.1, 0.15) is 402 Å². The molecule has 0 radical (unpaired) electrons. The van der Waals surface area contributed by atoms with Gasteiger partial charge in [0.05, 0.1) is 26.4 Å². The molecular weight excluding hydrogens is 1270 g/mol. The Morgan fingerprint density at radius 3 is 0.701 bits per heavy atom. The van der Waals surface area contributed by atoms with Gasteiger partial charge in [-0.1, -0.05) is 350 Å². The van der Waals surface area contributed by atoms with E-state index in [1.165, 1.54) is 205 Å². The fourth-order valence-corrected chi connectivity index (χ4v) is 13.5. The molecule has 576 valence electrons. The van der Waals surface area contributed by atoms with Gasteiger partial charge in [-0.15, -0.1) is 0 Å². The maximum absolute atomic E-state index is 13.1. The zero-order valence-corrected chi connectivity index (χ0v) is 65.3. The average Bonchev–Trinajstić information content (AvgIpc) is 1.46. The summed E-state index contributed by atoms with van der Waals surface area (Å²) in [6.45, 7) is 11.9. The molecule has 0 aromatic heterocycles. The number of aliphatic hydroxyl groups excluding tert-OH is 1. The molecule has 0 heterocycles. The van der Waals surface area contributed by atoms with Gasteiger partial charge in [0.2, 0.25) is 0 Å². The molecule has 0 fully saturated rings. The van der Waals surface area contributed by atoms with Crippen molar-refractivity contribution in [1.29, 1.82) is 0 Å². The second kappa shape index (κ2) is 68.5. The van der Waals surface area contributed by atoms with Crippen molar-refractivity contribution >= 4 is 39.5 Å². The van der Waals surface area contributed by atoms with E-state index in [0.717, 1.165) is 108 Å². The SMILES string of the molecule is CCCCCCCCCCCCCCC(=O)O[C@H](COC(=O)CCCCCCCCC(C)C)COP(=O)(O)OC[C@H](O)COP(=O)(O)OC[C@@H](COC(=O)CCCCCCCCCCCCCCCCC(C)C)OC(=O)CCCCCCCCCCCCCCCCCCC(C)C. The van der Waals surface area contributed by atoms with Crippen LogP contribution in [0.3, 0.4) is 0 Å². The summed E-state index contributed by atoms with van der Waals surface area (Å²) < 4.78 is 68.6. The van der Waals surface area contributed by atoms with Gasteiger partial charge in [-0.05, 0) is 43.4 Å². The monoisotopic (exact) mass is 1420 g/mol. The van der Waals surface area contributed by atoms with Gasteiger partial charge in [0.15, 0.2) is 12.2 Å². The standard InChI is InChI=1S/C78H152O17P2/c1-8-9-10-11-12-13-14-27-33-38-47-54-61-77(82)95-74(66-89-76(81)60-53-46-41-40-44-51-58-71(6)7)68-93-97(86,87)91-64-72(79)63-90-96(84,85)92-67-73(65-88-75(80)59-52-45-37-32-28-23-20-19-22-26-31-36-43-50-57-70(4)5)94-78(83)62-55-48-39-34-29-24-18-16-15-17-21-25-30-35-42-49-56-69(2)3/h69-74,79H,8-68H2,1-7H3,(H,84,85)(H,86,87)/t72-,73-,74-/m1/s1. The van der Waals surface area contributed by atoms with Crippen molar-refractivity contribution in [2.75, 3.05) is 39.6 Å². The molecule has 0 aliphatic heterocycles. The van der Waals surface area contributed by atoms with Crippen molar-refractivity contribution in [3.63, 3.8) is 0 Å². The number of hydrogen-bond acceptors (Lipinski definition) is 15. The normalized spacial score (nSPS) is 14.0. The zero-order chi connectivity index (χ0) is 71.6. The van der Waals surface area contributed by atoms with E-state index in [0.29, 0.717) is 31.6 Å². The van der Waals surface area contributed by atoms with E-state index in [1.54, 1.807) is 0 Å². The predicted molar refractivity (Wildman–Crippen MR) is 395 cm³/mol. The fraction of sp³-hybridized carbons (Fsp3) is 0.949. The average molecular weight is 1420 g/mol. The Balaban J connectivity index is 5.22. The van der Waals surface area contributed by atoms with Gasteiger partial charge in [-0.3, -0.25) is 37.3 Å². The Hall–Kier alpha value is -1.94. The number of phosphoric acid groups is 2. The van der Waals surface area contributed by atoms with E-state index < -0.39 is 97.5 Å². The Bertz CT molecular complexity index is 1890.